The molecule has 0 saturated carbocycles. The lowest BCUT2D eigenvalue weighted by molar-refractivity contribution is 0.111. The van der Waals surface area contributed by atoms with Crippen LogP contribution in [0.5, 0.6) is 11.5 Å². The number of fused-ring (bicyclic) bond motifs is 1. The van der Waals surface area contributed by atoms with Crippen LogP contribution < -0.4 is 15.9 Å². The van der Waals surface area contributed by atoms with Gasteiger partial charge in [0.15, 0.2) is 12.0 Å². The molecule has 10 heteroatoms. The number of allylic oxidation sites excluding steroid dienone is 3. The summed E-state index contributed by atoms with van der Waals surface area (Å²) in [6, 6.07) is 10.2. The number of rotatable bonds is 6. The summed E-state index contributed by atoms with van der Waals surface area (Å²) in [5.41, 5.74) is 2.41. The Kier molecular flexibility index (Phi) is 6.54. The summed E-state index contributed by atoms with van der Waals surface area (Å²) in [7, 11) is -2.66. The maximum atomic E-state index is 14.2. The van der Waals surface area contributed by atoms with Crippen molar-refractivity contribution < 1.29 is 17.9 Å². The van der Waals surface area contributed by atoms with Gasteiger partial charge in [-0.05, 0) is 68.5 Å². The SMILES string of the molecule is CC1=CC(c2cc(=O)n(C)cc2Oc2c(C)cccc2C)=CCC1(C)S(=O)(=O)n1c(C=O)cc2cc[nH]c(=O)c21. The number of benzene rings is 1. The fraction of sp³-hybridized carbons (Fsp3) is 0.233. The van der Waals surface area contributed by atoms with Crippen LogP contribution in [0.2, 0.25) is 0 Å². The van der Waals surface area contributed by atoms with Crippen molar-refractivity contribution in [3.05, 3.63) is 110 Å². The molecule has 1 aliphatic carbocycles. The number of aryl methyl sites for hydroxylation is 3. The molecule has 4 aromatic rings. The number of carbonyl (C=O) groups is 1. The number of H-pyrrole nitrogens is 1. The molecule has 0 bridgehead atoms. The molecule has 5 rings (SSSR count). The van der Waals surface area contributed by atoms with Gasteiger partial charge in [-0.2, -0.15) is 0 Å². The first-order valence-electron chi connectivity index (χ1n) is 12.7. The summed E-state index contributed by atoms with van der Waals surface area (Å²) in [4.78, 5) is 39.7. The first kappa shape index (κ1) is 27.1. The highest BCUT2D eigenvalue weighted by Gasteiger charge is 2.44. The zero-order valence-electron chi connectivity index (χ0n) is 22.8. The van der Waals surface area contributed by atoms with Gasteiger partial charge in [0, 0.05) is 30.3 Å². The van der Waals surface area contributed by atoms with E-state index in [-0.39, 0.29) is 23.2 Å². The minimum atomic E-state index is -4.29. The van der Waals surface area contributed by atoms with Crippen molar-refractivity contribution in [2.75, 3.05) is 0 Å². The Balaban J connectivity index is 1.62. The topological polar surface area (TPSA) is 120 Å². The van der Waals surface area contributed by atoms with E-state index in [4.69, 9.17) is 4.74 Å². The van der Waals surface area contributed by atoms with E-state index in [0.29, 0.717) is 39.9 Å². The van der Waals surface area contributed by atoms with E-state index in [2.05, 4.69) is 4.98 Å². The zero-order valence-corrected chi connectivity index (χ0v) is 23.6. The molecule has 1 aliphatic rings. The fourth-order valence-corrected chi connectivity index (χ4v) is 7.06. The molecule has 1 atom stereocenters. The number of hydrogen-bond acceptors (Lipinski definition) is 6. The molecular formula is C30H29N3O6S. The van der Waals surface area contributed by atoms with Gasteiger partial charge < -0.3 is 14.3 Å². The van der Waals surface area contributed by atoms with Gasteiger partial charge in [-0.15, -0.1) is 0 Å². The number of aromatic nitrogens is 3. The lowest BCUT2D eigenvalue weighted by Gasteiger charge is -2.33. The van der Waals surface area contributed by atoms with Crippen LogP contribution in [0.4, 0.5) is 0 Å². The number of hydrogen-bond donors (Lipinski definition) is 1. The number of aldehydes is 1. The van der Waals surface area contributed by atoms with Crippen LogP contribution in [0, 0.1) is 13.8 Å². The number of ether oxygens (including phenoxy) is 1. The Labute approximate surface area is 231 Å². The number of pyridine rings is 2. The highest BCUT2D eigenvalue weighted by atomic mass is 32.2. The Hall–Kier alpha value is -4.44. The minimum absolute atomic E-state index is 0.0355. The van der Waals surface area contributed by atoms with E-state index in [1.807, 2.05) is 32.0 Å². The van der Waals surface area contributed by atoms with Crippen LogP contribution in [0.15, 0.2) is 76.1 Å². The molecule has 0 spiro atoms. The second-order valence-electron chi connectivity index (χ2n) is 10.3. The van der Waals surface area contributed by atoms with Gasteiger partial charge in [-0.3, -0.25) is 14.4 Å². The maximum absolute atomic E-state index is 14.2. The molecule has 1 N–H and O–H groups in total. The largest absolute Gasteiger partial charge is 0.455 e. The summed E-state index contributed by atoms with van der Waals surface area (Å²) in [6.07, 6.45) is 6.94. The summed E-state index contributed by atoms with van der Waals surface area (Å²) in [5.74, 6) is 1.13. The highest BCUT2D eigenvalue weighted by Crippen LogP contribution is 2.42. The van der Waals surface area contributed by atoms with Crippen LogP contribution in [-0.2, 0) is 17.1 Å². The average molecular weight is 560 g/mol. The van der Waals surface area contributed by atoms with Gasteiger partial charge in [-0.25, -0.2) is 12.4 Å². The number of para-hydroxylation sites is 1. The molecule has 0 radical (unpaired) electrons. The highest BCUT2D eigenvalue weighted by molar-refractivity contribution is 7.91. The Morgan fingerprint density at radius 1 is 1.07 bits per heavy atom. The number of nitrogens with one attached hydrogen (secondary N) is 1. The van der Waals surface area contributed by atoms with E-state index >= 15 is 0 Å². The van der Waals surface area contributed by atoms with Crippen LogP contribution in [-0.4, -0.2) is 33.0 Å². The normalized spacial score (nSPS) is 17.4. The van der Waals surface area contributed by atoms with Crippen molar-refractivity contribution in [2.45, 2.75) is 38.9 Å². The van der Waals surface area contributed by atoms with Crippen LogP contribution >= 0.6 is 0 Å². The fourth-order valence-electron chi connectivity index (χ4n) is 5.09. The smallest absolute Gasteiger partial charge is 0.273 e. The quantitative estimate of drug-likeness (QED) is 0.344. The standard InChI is InChI=1S/C30H29N3O6S/c1-18-7-6-8-19(2)28(18)39-25-16-32(5)26(35)15-24(25)21-9-11-30(4,20(3)13-21)40(37,38)33-23(17-34)14-22-10-12-31-29(36)27(22)33/h6-10,12-17H,11H2,1-5H3,(H,31,36). The van der Waals surface area contributed by atoms with E-state index < -0.39 is 20.3 Å². The van der Waals surface area contributed by atoms with E-state index in [1.165, 1.54) is 22.9 Å². The first-order valence-corrected chi connectivity index (χ1v) is 14.1. The van der Waals surface area contributed by atoms with E-state index in [1.54, 1.807) is 45.3 Å². The molecule has 40 heavy (non-hydrogen) atoms. The van der Waals surface area contributed by atoms with Crippen molar-refractivity contribution >= 4 is 32.8 Å². The predicted molar refractivity (Wildman–Crippen MR) is 155 cm³/mol. The third-order valence-corrected chi connectivity index (χ3v) is 10.2. The first-order chi connectivity index (χ1) is 18.9. The molecule has 1 unspecified atom stereocenters. The lowest BCUT2D eigenvalue weighted by Crippen LogP contribution is -2.42. The Morgan fingerprint density at radius 2 is 1.77 bits per heavy atom. The molecular weight excluding hydrogens is 530 g/mol. The average Bonchev–Trinajstić information content (AvgIpc) is 3.31. The van der Waals surface area contributed by atoms with Crippen molar-refractivity contribution in [3.8, 4) is 11.5 Å². The summed E-state index contributed by atoms with van der Waals surface area (Å²) < 4.78 is 35.4. The number of aromatic amines is 1. The number of nitrogens with zero attached hydrogens (tertiary/aromatic N) is 2. The second kappa shape index (κ2) is 9.63. The van der Waals surface area contributed by atoms with Crippen molar-refractivity contribution in [1.82, 2.24) is 13.5 Å². The van der Waals surface area contributed by atoms with E-state index in [0.717, 1.165) is 15.1 Å². The third kappa shape index (κ3) is 4.15. The summed E-state index contributed by atoms with van der Waals surface area (Å²) in [6.45, 7) is 7.13. The predicted octanol–water partition coefficient (Wildman–Crippen LogP) is 4.62. The molecule has 0 aliphatic heterocycles. The van der Waals surface area contributed by atoms with Gasteiger partial charge in [0.05, 0.1) is 11.9 Å². The lowest BCUT2D eigenvalue weighted by atomic mass is 9.87. The maximum Gasteiger partial charge on any atom is 0.273 e. The molecule has 3 aromatic heterocycles. The monoisotopic (exact) mass is 559 g/mol. The second-order valence-corrected chi connectivity index (χ2v) is 12.5. The van der Waals surface area contributed by atoms with Gasteiger partial charge in [0.25, 0.3) is 11.1 Å². The third-order valence-electron chi connectivity index (χ3n) is 7.68. The van der Waals surface area contributed by atoms with Gasteiger partial charge in [-0.1, -0.05) is 30.4 Å². The summed E-state index contributed by atoms with van der Waals surface area (Å²) >= 11 is 0. The molecule has 3 heterocycles. The molecule has 0 fully saturated rings. The van der Waals surface area contributed by atoms with Crippen molar-refractivity contribution in [3.63, 3.8) is 0 Å². The molecule has 0 saturated heterocycles. The molecule has 0 amide bonds. The Bertz CT molecular complexity index is 1970. The van der Waals surface area contributed by atoms with Crippen molar-refractivity contribution in [2.24, 2.45) is 7.05 Å². The minimum Gasteiger partial charge on any atom is -0.455 e. The van der Waals surface area contributed by atoms with Gasteiger partial charge in [0.1, 0.15) is 16.0 Å². The van der Waals surface area contributed by atoms with Gasteiger partial charge in [0.2, 0.25) is 10.0 Å². The number of carbonyl (C=O) groups excluding carboxylic acids is 1. The van der Waals surface area contributed by atoms with Crippen molar-refractivity contribution in [1.29, 1.82) is 0 Å². The Morgan fingerprint density at radius 3 is 2.42 bits per heavy atom. The summed E-state index contributed by atoms with van der Waals surface area (Å²) in [5, 5.41) is 0.347. The van der Waals surface area contributed by atoms with Gasteiger partial charge >= 0.3 is 0 Å². The molecule has 1 aromatic carbocycles. The van der Waals surface area contributed by atoms with Crippen LogP contribution in [0.1, 0.15) is 47.4 Å². The van der Waals surface area contributed by atoms with Crippen LogP contribution in [0.25, 0.3) is 16.5 Å². The molecule has 206 valence electrons. The van der Waals surface area contributed by atoms with E-state index in [9.17, 15) is 22.8 Å². The van der Waals surface area contributed by atoms with Crippen LogP contribution in [0.3, 0.4) is 0 Å². The zero-order chi connectivity index (χ0) is 29.0. The molecule has 9 nitrogen and oxygen atoms in total.